The first kappa shape index (κ1) is 20.4. The lowest BCUT2D eigenvalue weighted by Gasteiger charge is -2.43. The molecular weight excluding hydrogens is 377 g/mol. The van der Waals surface area contributed by atoms with E-state index in [1.165, 1.54) is 12.3 Å². The summed E-state index contributed by atoms with van der Waals surface area (Å²) in [5.41, 5.74) is 7.42. The number of amides is 2. The van der Waals surface area contributed by atoms with Crippen LogP contribution in [0.15, 0.2) is 36.5 Å². The van der Waals surface area contributed by atoms with Crippen molar-refractivity contribution in [2.45, 2.75) is 38.6 Å². The lowest BCUT2D eigenvalue weighted by molar-refractivity contribution is -0.177. The van der Waals surface area contributed by atoms with Crippen molar-refractivity contribution < 1.29 is 23.9 Å². The number of benzene rings is 1. The zero-order valence-electron chi connectivity index (χ0n) is 16.1. The van der Waals surface area contributed by atoms with Crippen LogP contribution in [0.2, 0.25) is 0 Å². The van der Waals surface area contributed by atoms with E-state index in [2.05, 4.69) is 4.98 Å². The summed E-state index contributed by atoms with van der Waals surface area (Å²) < 4.78 is 13.8. The minimum Gasteiger partial charge on any atom is -0.480 e. The molecule has 2 heterocycles. The molecule has 2 aromatic rings. The predicted molar refractivity (Wildman–Crippen MR) is 103 cm³/mol. The number of halogens is 1. The van der Waals surface area contributed by atoms with E-state index in [0.29, 0.717) is 16.7 Å². The maximum Gasteiger partial charge on any atom is 0.327 e. The molecule has 1 saturated heterocycles. The summed E-state index contributed by atoms with van der Waals surface area (Å²) in [4.78, 5) is 41.6. The number of carboxylic acids is 1. The van der Waals surface area contributed by atoms with Gasteiger partial charge in [0.15, 0.2) is 0 Å². The number of rotatable bonds is 6. The molecule has 1 aromatic carbocycles. The molecule has 8 heteroatoms. The van der Waals surface area contributed by atoms with Crippen molar-refractivity contribution in [2.75, 3.05) is 5.73 Å². The van der Waals surface area contributed by atoms with Gasteiger partial charge in [-0.05, 0) is 54.2 Å². The van der Waals surface area contributed by atoms with E-state index in [1.54, 1.807) is 38.1 Å². The van der Waals surface area contributed by atoms with E-state index >= 15 is 0 Å². The Kier molecular flexibility index (Phi) is 5.63. The normalized spacial score (nSPS) is 19.6. The van der Waals surface area contributed by atoms with Crippen molar-refractivity contribution in [1.82, 2.24) is 9.88 Å². The number of hydrogen-bond acceptors (Lipinski definition) is 5. The number of carbonyl (C=O) groups excluding carboxylic acids is 2. The number of β-lactam (4-membered cyclic amide) rings is 1. The van der Waals surface area contributed by atoms with Gasteiger partial charge in [0.2, 0.25) is 11.8 Å². The van der Waals surface area contributed by atoms with E-state index in [9.17, 15) is 23.9 Å². The molecule has 2 amide bonds. The van der Waals surface area contributed by atoms with Gasteiger partial charge in [0, 0.05) is 12.6 Å². The van der Waals surface area contributed by atoms with Gasteiger partial charge in [-0.1, -0.05) is 19.1 Å². The molecule has 0 radical (unpaired) electrons. The molecule has 29 heavy (non-hydrogen) atoms. The molecule has 0 spiro atoms. The highest BCUT2D eigenvalue weighted by atomic mass is 19.1. The molecule has 152 valence electrons. The molecule has 3 N–H and O–H groups in total. The number of pyridine rings is 1. The van der Waals surface area contributed by atoms with Gasteiger partial charge in [0.1, 0.15) is 17.7 Å². The van der Waals surface area contributed by atoms with Gasteiger partial charge in [0.05, 0.1) is 5.92 Å². The number of anilines is 1. The second-order valence-electron chi connectivity index (χ2n) is 7.40. The Labute approximate surface area is 167 Å². The van der Waals surface area contributed by atoms with Crippen LogP contribution < -0.4 is 5.73 Å². The quantitative estimate of drug-likeness (QED) is 0.721. The number of carboxylic acid groups (broad SMARTS) is 1. The van der Waals surface area contributed by atoms with E-state index in [4.69, 9.17) is 5.73 Å². The van der Waals surface area contributed by atoms with Gasteiger partial charge in [0.25, 0.3) is 0 Å². The van der Waals surface area contributed by atoms with Crippen molar-refractivity contribution in [1.29, 1.82) is 0 Å². The topological polar surface area (TPSA) is 114 Å². The molecule has 3 atom stereocenters. The van der Waals surface area contributed by atoms with Crippen LogP contribution in [0.1, 0.15) is 36.0 Å². The summed E-state index contributed by atoms with van der Waals surface area (Å²) in [7, 11) is 0. The first-order valence-corrected chi connectivity index (χ1v) is 9.24. The fourth-order valence-corrected chi connectivity index (χ4v) is 3.58. The Hall–Kier alpha value is -3.29. The van der Waals surface area contributed by atoms with Crippen molar-refractivity contribution in [3.05, 3.63) is 59.0 Å². The number of carbonyl (C=O) groups is 3. The first-order chi connectivity index (χ1) is 13.7. The zero-order valence-corrected chi connectivity index (χ0v) is 16.1. The van der Waals surface area contributed by atoms with Gasteiger partial charge in [-0.15, -0.1) is 0 Å². The number of nitrogens with zero attached hydrogens (tertiary/aromatic N) is 2. The smallest absolute Gasteiger partial charge is 0.327 e. The van der Waals surface area contributed by atoms with Gasteiger partial charge in [-0.2, -0.15) is 0 Å². The summed E-state index contributed by atoms with van der Waals surface area (Å²) in [6, 6.07) is 6.70. The zero-order chi connectivity index (χ0) is 21.3. The summed E-state index contributed by atoms with van der Waals surface area (Å²) in [5.74, 6) is -3.65. The molecular formula is C21H22FN3O4. The number of aliphatic carboxylic acids is 1. The monoisotopic (exact) mass is 399 g/mol. The van der Waals surface area contributed by atoms with Crippen LogP contribution in [0.5, 0.6) is 0 Å². The van der Waals surface area contributed by atoms with Gasteiger partial charge in [-0.25, -0.2) is 14.2 Å². The summed E-state index contributed by atoms with van der Waals surface area (Å²) in [6.07, 6.45) is 1.55. The number of aryl methyl sites for hydroxylation is 1. The van der Waals surface area contributed by atoms with E-state index in [-0.39, 0.29) is 30.4 Å². The highest BCUT2D eigenvalue weighted by Crippen LogP contribution is 2.33. The van der Waals surface area contributed by atoms with E-state index < -0.39 is 29.7 Å². The number of likely N-dealkylation sites (tertiary alicyclic amines) is 1. The number of hydrogen-bond donors (Lipinski definition) is 2. The second-order valence-corrected chi connectivity index (χ2v) is 7.40. The number of nitrogen functional groups attached to an aromatic ring is 1. The van der Waals surface area contributed by atoms with Crippen molar-refractivity contribution in [2.24, 2.45) is 5.92 Å². The predicted octanol–water partition coefficient (Wildman–Crippen LogP) is 2.29. The van der Waals surface area contributed by atoms with E-state index in [1.807, 2.05) is 0 Å². The van der Waals surface area contributed by atoms with Crippen LogP contribution in [-0.4, -0.2) is 38.8 Å². The Morgan fingerprint density at radius 1 is 1.31 bits per heavy atom. The van der Waals surface area contributed by atoms with E-state index in [0.717, 1.165) is 4.90 Å². The largest absolute Gasteiger partial charge is 0.480 e. The standard InChI is InChI=1S/C21H22FN3O4/c1-11-3-4-14(10-16(11)22)12(2)7-18(26)25-19(21(28)29)15(20(25)27)8-13-5-6-24-17(23)9-13/h3-6,9-10,12,15,19H,7-8H2,1-2H3,(H2,23,24)(H,28,29)/t12-,15+,19-/m0/s1. The Morgan fingerprint density at radius 2 is 2.03 bits per heavy atom. The Bertz CT molecular complexity index is 978. The minimum absolute atomic E-state index is 0.0903. The highest BCUT2D eigenvalue weighted by Gasteiger charge is 2.54. The second kappa shape index (κ2) is 7.98. The molecule has 0 saturated carbocycles. The molecule has 1 aliphatic rings. The Morgan fingerprint density at radius 3 is 2.66 bits per heavy atom. The first-order valence-electron chi connectivity index (χ1n) is 9.24. The van der Waals surface area contributed by atoms with Crippen LogP contribution in [0.3, 0.4) is 0 Å². The fraction of sp³-hybridized carbons (Fsp3) is 0.333. The summed E-state index contributed by atoms with van der Waals surface area (Å²) in [5, 5.41) is 9.56. The average molecular weight is 399 g/mol. The van der Waals surface area contributed by atoms with Crippen LogP contribution in [0, 0.1) is 18.7 Å². The number of imide groups is 1. The number of nitrogens with two attached hydrogens (primary N) is 1. The van der Waals surface area contributed by atoms with Gasteiger partial charge in [-0.3, -0.25) is 14.5 Å². The minimum atomic E-state index is -1.24. The molecule has 1 aliphatic heterocycles. The maximum atomic E-state index is 13.8. The summed E-state index contributed by atoms with van der Waals surface area (Å²) >= 11 is 0. The molecule has 1 fully saturated rings. The maximum absolute atomic E-state index is 13.8. The third kappa shape index (κ3) is 4.11. The lowest BCUT2D eigenvalue weighted by atomic mass is 9.81. The van der Waals surface area contributed by atoms with Crippen LogP contribution in [-0.2, 0) is 20.8 Å². The SMILES string of the molecule is Cc1ccc([C@@H](C)CC(=O)N2C(=O)[C@H](Cc3ccnc(N)c3)[C@H]2C(=O)O)cc1F. The molecule has 1 aromatic heterocycles. The lowest BCUT2D eigenvalue weighted by Crippen LogP contribution is -2.66. The highest BCUT2D eigenvalue weighted by molar-refractivity contribution is 6.08. The number of aromatic nitrogens is 1. The molecule has 7 nitrogen and oxygen atoms in total. The van der Waals surface area contributed by atoms with Crippen LogP contribution >= 0.6 is 0 Å². The molecule has 0 aliphatic carbocycles. The van der Waals surface area contributed by atoms with Crippen LogP contribution in [0.25, 0.3) is 0 Å². The van der Waals surface area contributed by atoms with Crippen molar-refractivity contribution in [3.63, 3.8) is 0 Å². The molecule has 0 bridgehead atoms. The van der Waals surface area contributed by atoms with Crippen LogP contribution in [0.4, 0.5) is 10.2 Å². The fourth-order valence-electron chi connectivity index (χ4n) is 3.58. The summed E-state index contributed by atoms with van der Waals surface area (Å²) in [6.45, 7) is 3.38. The van der Waals surface area contributed by atoms with Crippen molar-refractivity contribution in [3.8, 4) is 0 Å². The average Bonchev–Trinajstić information content (AvgIpc) is 2.65. The molecule has 3 rings (SSSR count). The third-order valence-electron chi connectivity index (χ3n) is 5.28. The third-order valence-corrected chi connectivity index (χ3v) is 5.28. The van der Waals surface area contributed by atoms with Gasteiger partial charge >= 0.3 is 5.97 Å². The Balaban J connectivity index is 1.72. The van der Waals surface area contributed by atoms with Gasteiger partial charge < -0.3 is 10.8 Å². The van der Waals surface area contributed by atoms with Crippen molar-refractivity contribution >= 4 is 23.6 Å². The molecule has 0 unspecified atom stereocenters.